The number of anilines is 1. The van der Waals surface area contributed by atoms with Gasteiger partial charge in [-0.1, -0.05) is 50.6 Å². The molecule has 0 saturated heterocycles. The Morgan fingerprint density at radius 2 is 2.03 bits per heavy atom. The summed E-state index contributed by atoms with van der Waals surface area (Å²) in [7, 11) is 0. The number of aryl methyl sites for hydroxylation is 1. The van der Waals surface area contributed by atoms with Gasteiger partial charge in [-0.3, -0.25) is 14.6 Å². The maximum Gasteiger partial charge on any atom is 0.238 e. The lowest BCUT2D eigenvalue weighted by Gasteiger charge is -2.12. The predicted octanol–water partition coefficient (Wildman–Crippen LogP) is 3.91. The van der Waals surface area contributed by atoms with Gasteiger partial charge in [-0.15, -0.1) is 0 Å². The zero-order valence-corrected chi connectivity index (χ0v) is 18.6. The summed E-state index contributed by atoms with van der Waals surface area (Å²) in [6.07, 6.45) is 5.40. The van der Waals surface area contributed by atoms with Crippen LogP contribution in [0.1, 0.15) is 48.8 Å². The summed E-state index contributed by atoms with van der Waals surface area (Å²) in [6, 6.07) is 9.73. The monoisotopic (exact) mass is 421 g/mol. The number of aliphatic imine (C=N–C) groups is 1. The van der Waals surface area contributed by atoms with E-state index in [0.717, 1.165) is 17.6 Å². The Labute approximate surface area is 183 Å². The van der Waals surface area contributed by atoms with E-state index in [9.17, 15) is 9.59 Å². The molecule has 164 valence electrons. The number of nitrogens with one attached hydrogen (secondary N) is 2. The number of hydrogen-bond donors (Lipinski definition) is 3. The average molecular weight is 422 g/mol. The van der Waals surface area contributed by atoms with Gasteiger partial charge in [-0.25, -0.2) is 4.98 Å². The lowest BCUT2D eigenvalue weighted by Crippen LogP contribution is -2.28. The van der Waals surface area contributed by atoms with Crippen LogP contribution in [0.2, 0.25) is 0 Å². The van der Waals surface area contributed by atoms with Crippen molar-refractivity contribution in [2.75, 3.05) is 11.9 Å². The van der Waals surface area contributed by atoms with E-state index in [1.54, 1.807) is 26.1 Å². The number of rotatable bonds is 10. The summed E-state index contributed by atoms with van der Waals surface area (Å²) in [4.78, 5) is 33.7. The first-order chi connectivity index (χ1) is 14.8. The Morgan fingerprint density at radius 1 is 1.26 bits per heavy atom. The molecular formula is C24H31N5O2. The smallest absolute Gasteiger partial charge is 0.238 e. The van der Waals surface area contributed by atoms with Gasteiger partial charge in [-0.2, -0.15) is 0 Å². The number of ketones is 1. The fourth-order valence-electron chi connectivity index (χ4n) is 2.84. The van der Waals surface area contributed by atoms with E-state index in [2.05, 4.69) is 26.7 Å². The largest absolute Gasteiger partial charge is 0.404 e. The molecule has 0 fully saturated rings. The predicted molar refractivity (Wildman–Crippen MR) is 126 cm³/mol. The van der Waals surface area contributed by atoms with Crippen molar-refractivity contribution in [2.45, 2.75) is 40.7 Å². The molecule has 2 rings (SSSR count). The van der Waals surface area contributed by atoms with Crippen molar-refractivity contribution >= 4 is 29.3 Å². The summed E-state index contributed by atoms with van der Waals surface area (Å²) in [5, 5.41) is 5.92. The average Bonchev–Trinajstić information content (AvgIpc) is 2.74. The van der Waals surface area contributed by atoms with Crippen molar-refractivity contribution in [3.05, 3.63) is 65.1 Å². The van der Waals surface area contributed by atoms with Crippen LogP contribution in [0.3, 0.4) is 0 Å². The molecule has 31 heavy (non-hydrogen) atoms. The number of aromatic nitrogens is 1. The van der Waals surface area contributed by atoms with Crippen LogP contribution in [-0.4, -0.2) is 29.4 Å². The van der Waals surface area contributed by atoms with E-state index in [1.807, 2.05) is 32.0 Å². The van der Waals surface area contributed by atoms with Crippen LogP contribution < -0.4 is 16.4 Å². The number of nitrogens with two attached hydrogens (primary N) is 1. The molecule has 1 heterocycles. The van der Waals surface area contributed by atoms with Gasteiger partial charge < -0.3 is 16.4 Å². The molecule has 0 atom stereocenters. The first kappa shape index (κ1) is 24.0. The highest BCUT2D eigenvalue weighted by Gasteiger charge is 2.18. The third kappa shape index (κ3) is 7.46. The molecule has 0 aliphatic rings. The number of carbonyl (C=O) groups is 2. The number of benzene rings is 1. The molecule has 4 N–H and O–H groups in total. The van der Waals surface area contributed by atoms with Crippen molar-refractivity contribution in [3.8, 4) is 0 Å². The molecule has 2 aromatic rings. The minimum atomic E-state index is -0.260. The van der Waals surface area contributed by atoms with Crippen LogP contribution in [0.5, 0.6) is 0 Å². The van der Waals surface area contributed by atoms with Crippen molar-refractivity contribution in [2.24, 2.45) is 16.6 Å². The Kier molecular flexibility index (Phi) is 9.09. The van der Waals surface area contributed by atoms with E-state index < -0.39 is 0 Å². The normalized spacial score (nSPS) is 11.8. The Balaban J connectivity index is 2.13. The first-order valence-electron chi connectivity index (χ1n) is 10.4. The van der Waals surface area contributed by atoms with Crippen molar-refractivity contribution in [1.29, 1.82) is 0 Å². The fourth-order valence-corrected chi connectivity index (χ4v) is 2.84. The summed E-state index contributed by atoms with van der Waals surface area (Å²) in [5.41, 5.74) is 9.80. The number of nitrogens with zero attached hydrogens (tertiary/aromatic N) is 2. The minimum absolute atomic E-state index is 0.104. The van der Waals surface area contributed by atoms with E-state index in [0.29, 0.717) is 17.9 Å². The van der Waals surface area contributed by atoms with Crippen molar-refractivity contribution in [1.82, 2.24) is 10.3 Å². The van der Waals surface area contributed by atoms with E-state index in [4.69, 9.17) is 5.73 Å². The van der Waals surface area contributed by atoms with E-state index in [-0.39, 0.29) is 29.8 Å². The van der Waals surface area contributed by atoms with Gasteiger partial charge in [0.1, 0.15) is 5.69 Å². The number of carbonyl (C=O) groups excluding carboxylic acids is 2. The Hall–Kier alpha value is -3.32. The van der Waals surface area contributed by atoms with Crippen molar-refractivity contribution in [3.63, 3.8) is 0 Å². The van der Waals surface area contributed by atoms with Gasteiger partial charge in [0.05, 0.1) is 24.1 Å². The zero-order valence-electron chi connectivity index (χ0n) is 18.6. The number of allylic oxidation sites excluding steroid dienone is 1. The third-order valence-corrected chi connectivity index (χ3v) is 4.60. The minimum Gasteiger partial charge on any atom is -0.404 e. The molecule has 7 heteroatoms. The summed E-state index contributed by atoms with van der Waals surface area (Å²) < 4.78 is 0. The van der Waals surface area contributed by atoms with Gasteiger partial charge in [-0.05, 0) is 36.7 Å². The topological polar surface area (TPSA) is 109 Å². The number of hydrogen-bond acceptors (Lipinski definition) is 6. The maximum absolute atomic E-state index is 12.6. The maximum atomic E-state index is 12.6. The molecule has 0 bridgehead atoms. The van der Waals surface area contributed by atoms with Crippen LogP contribution in [-0.2, 0) is 11.3 Å². The molecule has 0 unspecified atom stereocenters. The molecule has 1 aromatic heterocycles. The molecule has 1 amide bonds. The van der Waals surface area contributed by atoms with Gasteiger partial charge >= 0.3 is 0 Å². The van der Waals surface area contributed by atoms with Gasteiger partial charge in [0.2, 0.25) is 5.91 Å². The third-order valence-electron chi connectivity index (χ3n) is 4.60. The summed E-state index contributed by atoms with van der Waals surface area (Å²) >= 11 is 0. The van der Waals surface area contributed by atoms with E-state index >= 15 is 0 Å². The SMILES string of the molecule is CC/C(C=Nc1cnc(C(=O)C(C)C)c(NC(=O)CNCc2cccc(C)c2)c1)=C/N. The van der Waals surface area contributed by atoms with Crippen LogP contribution in [0.4, 0.5) is 11.4 Å². The second-order valence-electron chi connectivity index (χ2n) is 7.60. The fraction of sp³-hybridized carbons (Fsp3) is 0.333. The highest BCUT2D eigenvalue weighted by atomic mass is 16.2. The van der Waals surface area contributed by atoms with Crippen molar-refractivity contribution < 1.29 is 9.59 Å². The Morgan fingerprint density at radius 3 is 2.68 bits per heavy atom. The molecule has 0 aliphatic carbocycles. The second kappa shape index (κ2) is 11.8. The van der Waals surface area contributed by atoms with Crippen LogP contribution >= 0.6 is 0 Å². The van der Waals surface area contributed by atoms with Crippen LogP contribution in [0, 0.1) is 12.8 Å². The highest BCUT2D eigenvalue weighted by Crippen LogP contribution is 2.23. The standard InChI is InChI=1S/C24H31N5O2/c1-5-18(11-25)13-27-20-10-21(23(28-14-20)24(31)16(2)3)29-22(30)15-26-12-19-8-6-7-17(4)9-19/h6-11,13-14,16,26H,5,12,15,25H2,1-4H3,(H,29,30)/b18-11-,27-13?. The zero-order chi connectivity index (χ0) is 22.8. The molecule has 0 aliphatic heterocycles. The number of Topliss-reactive ketones (excluding diaryl/α,β-unsaturated/α-hetero) is 1. The molecule has 1 aromatic carbocycles. The lowest BCUT2D eigenvalue weighted by atomic mass is 10.0. The van der Waals surface area contributed by atoms with Gasteiger partial charge in [0, 0.05) is 18.7 Å². The molecule has 0 saturated carbocycles. The van der Waals surface area contributed by atoms with Gasteiger partial charge in [0.15, 0.2) is 5.78 Å². The second-order valence-corrected chi connectivity index (χ2v) is 7.60. The van der Waals surface area contributed by atoms with E-state index in [1.165, 1.54) is 18.0 Å². The molecule has 0 radical (unpaired) electrons. The van der Waals surface area contributed by atoms with Crippen LogP contribution in [0.15, 0.2) is 53.3 Å². The number of amides is 1. The molecule has 0 spiro atoms. The summed E-state index contributed by atoms with van der Waals surface area (Å²) in [5.74, 6) is -0.650. The lowest BCUT2D eigenvalue weighted by molar-refractivity contribution is -0.115. The summed E-state index contributed by atoms with van der Waals surface area (Å²) in [6.45, 7) is 8.27. The molecule has 7 nitrogen and oxygen atoms in total. The number of pyridine rings is 1. The Bertz CT molecular complexity index is 980. The van der Waals surface area contributed by atoms with Crippen LogP contribution in [0.25, 0.3) is 0 Å². The first-order valence-corrected chi connectivity index (χ1v) is 10.4. The van der Waals surface area contributed by atoms with Gasteiger partial charge in [0.25, 0.3) is 0 Å². The quantitative estimate of drug-likeness (QED) is 0.398. The highest BCUT2D eigenvalue weighted by molar-refractivity contribution is 6.05. The molecular weight excluding hydrogens is 390 g/mol.